The Balaban J connectivity index is 1.90. The average molecular weight is 392 g/mol. The summed E-state index contributed by atoms with van der Waals surface area (Å²) in [5, 5.41) is 0. The highest BCUT2D eigenvalue weighted by molar-refractivity contribution is 6.06. The summed E-state index contributed by atoms with van der Waals surface area (Å²) in [7, 11) is 1.92. The maximum atomic E-state index is 13.8. The third kappa shape index (κ3) is 4.47. The quantitative estimate of drug-likeness (QED) is 0.696. The molecular formula is C21H23F3N2O2. The Labute approximate surface area is 162 Å². The molecule has 28 heavy (non-hydrogen) atoms. The number of hydrogen-bond donors (Lipinski definition) is 0. The third-order valence-electron chi connectivity index (χ3n) is 4.68. The van der Waals surface area contributed by atoms with E-state index in [9.17, 15) is 18.0 Å². The highest BCUT2D eigenvalue weighted by Gasteiger charge is 2.43. The molecule has 4 nitrogen and oxygen atoms in total. The zero-order chi connectivity index (χ0) is 20.3. The lowest BCUT2D eigenvalue weighted by molar-refractivity contribution is -0.122. The number of nitrogens with zero attached hydrogens (tertiary/aromatic N) is 2. The summed E-state index contributed by atoms with van der Waals surface area (Å²) in [4.78, 5) is 14.7. The Morgan fingerprint density at radius 2 is 1.86 bits per heavy atom. The molecule has 0 N–H and O–H groups in total. The first-order chi connectivity index (χ1) is 13.3. The fourth-order valence-electron chi connectivity index (χ4n) is 3.25. The minimum atomic E-state index is -4.83. The zero-order valence-corrected chi connectivity index (χ0v) is 15.9. The van der Waals surface area contributed by atoms with E-state index in [1.807, 2.05) is 18.9 Å². The van der Waals surface area contributed by atoms with Crippen LogP contribution in [-0.4, -0.2) is 37.3 Å². The highest BCUT2D eigenvalue weighted by atomic mass is 19.4. The van der Waals surface area contributed by atoms with Gasteiger partial charge in [-0.2, -0.15) is 0 Å². The van der Waals surface area contributed by atoms with Crippen molar-refractivity contribution in [1.82, 2.24) is 4.90 Å². The van der Waals surface area contributed by atoms with Crippen LogP contribution >= 0.6 is 0 Å². The van der Waals surface area contributed by atoms with E-state index in [1.54, 1.807) is 6.07 Å². The van der Waals surface area contributed by atoms with Crippen LogP contribution in [0, 0.1) is 0 Å². The molecule has 3 rings (SSSR count). The number of amides is 1. The van der Waals surface area contributed by atoms with Crippen molar-refractivity contribution in [3.63, 3.8) is 0 Å². The van der Waals surface area contributed by atoms with Crippen LogP contribution in [0.3, 0.4) is 0 Å². The van der Waals surface area contributed by atoms with Crippen LogP contribution in [0.4, 0.5) is 18.9 Å². The standard InChI is InChI=1S/C21H23F3N2O2/c1-3-12-28-19-8-5-16(6-9-19)20(27)26(21(22,23)24)18-7-4-15-10-11-25(2)14-17(15)13-18/h4-9,13H,3,10-12,14H2,1-2H3. The van der Waals surface area contributed by atoms with Gasteiger partial charge >= 0.3 is 6.30 Å². The van der Waals surface area contributed by atoms with Crippen molar-refractivity contribution in [1.29, 1.82) is 0 Å². The fraction of sp³-hybridized carbons (Fsp3) is 0.381. The molecule has 1 aliphatic rings. The summed E-state index contributed by atoms with van der Waals surface area (Å²) in [5.41, 5.74) is 1.62. The lowest BCUT2D eigenvalue weighted by Crippen LogP contribution is -2.43. The summed E-state index contributed by atoms with van der Waals surface area (Å²) < 4.78 is 46.7. The van der Waals surface area contributed by atoms with E-state index < -0.39 is 12.2 Å². The zero-order valence-electron chi connectivity index (χ0n) is 15.9. The second-order valence-corrected chi connectivity index (χ2v) is 6.92. The first kappa shape index (κ1) is 20.2. The van der Waals surface area contributed by atoms with Gasteiger partial charge in [-0.1, -0.05) is 13.0 Å². The Kier molecular flexibility index (Phi) is 5.93. The van der Waals surface area contributed by atoms with Gasteiger partial charge in [0, 0.05) is 18.7 Å². The molecule has 0 aromatic heterocycles. The number of halogens is 3. The number of fused-ring (bicyclic) bond motifs is 1. The molecule has 7 heteroatoms. The van der Waals surface area contributed by atoms with Crippen LogP contribution in [0.15, 0.2) is 42.5 Å². The number of rotatable bonds is 5. The maximum absolute atomic E-state index is 13.8. The number of anilines is 1. The molecule has 0 bridgehead atoms. The van der Waals surface area contributed by atoms with Gasteiger partial charge in [-0.15, -0.1) is 13.2 Å². The number of ether oxygens (including phenoxy) is 1. The molecule has 150 valence electrons. The molecule has 0 saturated carbocycles. The fourth-order valence-corrected chi connectivity index (χ4v) is 3.25. The normalized spacial score (nSPS) is 14.5. The summed E-state index contributed by atoms with van der Waals surface area (Å²) in [6, 6.07) is 10.3. The van der Waals surface area contributed by atoms with Gasteiger partial charge in [0.1, 0.15) is 5.75 Å². The summed E-state index contributed by atoms with van der Waals surface area (Å²) in [5.74, 6) is -0.590. The van der Waals surface area contributed by atoms with Gasteiger partial charge in [0.15, 0.2) is 0 Å². The van der Waals surface area contributed by atoms with Crippen molar-refractivity contribution in [3.05, 3.63) is 59.2 Å². The smallest absolute Gasteiger partial charge is 0.491 e. The van der Waals surface area contributed by atoms with Crippen LogP contribution in [0.5, 0.6) is 5.75 Å². The van der Waals surface area contributed by atoms with Gasteiger partial charge in [0.25, 0.3) is 5.91 Å². The van der Waals surface area contributed by atoms with E-state index in [0.717, 1.165) is 30.5 Å². The number of carbonyl (C=O) groups excluding carboxylic acids is 1. The molecule has 1 amide bonds. The Hall–Kier alpha value is -2.54. The van der Waals surface area contributed by atoms with E-state index >= 15 is 0 Å². The first-order valence-corrected chi connectivity index (χ1v) is 9.24. The highest BCUT2D eigenvalue weighted by Crippen LogP contribution is 2.33. The van der Waals surface area contributed by atoms with Gasteiger partial charge in [-0.05, 0) is 67.4 Å². The summed E-state index contributed by atoms with van der Waals surface area (Å²) >= 11 is 0. The lowest BCUT2D eigenvalue weighted by atomic mass is 9.99. The number of carbonyl (C=O) groups is 1. The van der Waals surface area contributed by atoms with Gasteiger partial charge in [0.05, 0.1) is 12.3 Å². The number of hydrogen-bond acceptors (Lipinski definition) is 3. The van der Waals surface area contributed by atoms with E-state index in [1.165, 1.54) is 36.4 Å². The van der Waals surface area contributed by atoms with Gasteiger partial charge in [-0.3, -0.25) is 4.79 Å². The molecular weight excluding hydrogens is 369 g/mol. The molecule has 0 unspecified atom stereocenters. The van der Waals surface area contributed by atoms with Crippen LogP contribution < -0.4 is 9.64 Å². The van der Waals surface area contributed by atoms with Crippen molar-refractivity contribution in [2.75, 3.05) is 25.1 Å². The van der Waals surface area contributed by atoms with E-state index in [4.69, 9.17) is 4.74 Å². The van der Waals surface area contributed by atoms with Gasteiger partial charge < -0.3 is 9.64 Å². The van der Waals surface area contributed by atoms with Crippen molar-refractivity contribution >= 4 is 11.6 Å². The maximum Gasteiger partial charge on any atom is 0.491 e. The molecule has 1 heterocycles. The van der Waals surface area contributed by atoms with Crippen LogP contribution in [0.25, 0.3) is 0 Å². The van der Waals surface area contributed by atoms with Crippen molar-refractivity contribution in [2.45, 2.75) is 32.6 Å². The van der Waals surface area contributed by atoms with Crippen molar-refractivity contribution in [3.8, 4) is 5.75 Å². The molecule has 1 aliphatic heterocycles. The molecule has 0 radical (unpaired) electrons. The Morgan fingerprint density at radius 3 is 2.50 bits per heavy atom. The van der Waals surface area contributed by atoms with Crippen molar-refractivity contribution < 1.29 is 22.7 Å². The second kappa shape index (κ2) is 8.22. The average Bonchev–Trinajstić information content (AvgIpc) is 2.65. The van der Waals surface area contributed by atoms with Crippen LogP contribution in [0.2, 0.25) is 0 Å². The van der Waals surface area contributed by atoms with Crippen molar-refractivity contribution in [2.24, 2.45) is 0 Å². The SMILES string of the molecule is CCCOc1ccc(C(=O)N(c2ccc3c(c2)CN(C)CC3)C(F)(F)F)cc1. The second-order valence-electron chi connectivity index (χ2n) is 6.92. The minimum absolute atomic E-state index is 0.0454. The monoisotopic (exact) mass is 392 g/mol. The van der Waals surface area contributed by atoms with E-state index in [0.29, 0.717) is 18.9 Å². The van der Waals surface area contributed by atoms with Gasteiger partial charge in [0.2, 0.25) is 0 Å². The third-order valence-corrected chi connectivity index (χ3v) is 4.68. The topological polar surface area (TPSA) is 32.8 Å². The summed E-state index contributed by atoms with van der Waals surface area (Å²) in [6.45, 7) is 3.88. The molecule has 0 saturated heterocycles. The van der Waals surface area contributed by atoms with E-state index in [2.05, 4.69) is 0 Å². The largest absolute Gasteiger partial charge is 0.494 e. The van der Waals surface area contributed by atoms with Gasteiger partial charge in [-0.25, -0.2) is 4.90 Å². The molecule has 2 aromatic rings. The molecule has 0 atom stereocenters. The molecule has 0 fully saturated rings. The van der Waals surface area contributed by atoms with E-state index in [-0.39, 0.29) is 16.2 Å². The number of alkyl halides is 3. The van der Waals surface area contributed by atoms with Crippen LogP contribution in [-0.2, 0) is 13.0 Å². The lowest BCUT2D eigenvalue weighted by Gasteiger charge is -2.29. The predicted octanol–water partition coefficient (Wildman–Crippen LogP) is 4.63. The first-order valence-electron chi connectivity index (χ1n) is 9.24. The number of benzene rings is 2. The molecule has 0 spiro atoms. The Bertz CT molecular complexity index is 835. The summed E-state index contributed by atoms with van der Waals surface area (Å²) in [6.07, 6.45) is -3.23. The molecule has 0 aliphatic carbocycles. The molecule has 2 aromatic carbocycles. The Morgan fingerprint density at radius 1 is 1.14 bits per heavy atom. The number of likely N-dealkylation sites (N-methyl/N-ethyl adjacent to an activating group) is 1. The minimum Gasteiger partial charge on any atom is -0.494 e. The van der Waals surface area contributed by atoms with Crippen LogP contribution in [0.1, 0.15) is 34.8 Å². The predicted molar refractivity (Wildman–Crippen MR) is 102 cm³/mol.